The highest BCUT2D eigenvalue weighted by atomic mass is 16.5. The molecule has 0 radical (unpaired) electrons. The zero-order valence-electron chi connectivity index (χ0n) is 28.4. The van der Waals surface area contributed by atoms with Crippen molar-refractivity contribution in [2.45, 2.75) is 44.9 Å². The molecule has 2 unspecified atom stereocenters. The quantitative estimate of drug-likeness (QED) is 0.104. The van der Waals surface area contributed by atoms with Crippen LogP contribution in [0.15, 0.2) is 91.0 Å². The predicted molar refractivity (Wildman–Crippen MR) is 186 cm³/mol. The van der Waals surface area contributed by atoms with Crippen LogP contribution in [0.4, 0.5) is 5.69 Å². The summed E-state index contributed by atoms with van der Waals surface area (Å²) < 4.78 is 46.6. The van der Waals surface area contributed by atoms with Crippen LogP contribution in [0.1, 0.15) is 29.5 Å². The average molecular weight is 658 g/mol. The molecule has 9 heteroatoms. The minimum atomic E-state index is -0.0624. The standard InChI is InChI=1S/C39H47NO8/c1-41-34-17-30(18-35(21-34)42-2)27-47-38-23-39(48-28-31-19-36(43-3)22-37(20-31)44-4)25-40(24-38)32-11-13-33(14-12-32)46-16-8-15-45-26-29-9-6-5-7-10-29/h5-7,9-14,17-22,38-39H,8,15-16,23-28H2,1-4H3. The van der Waals surface area contributed by atoms with Gasteiger partial charge in [-0.2, -0.15) is 0 Å². The molecule has 1 heterocycles. The molecule has 4 aromatic rings. The lowest BCUT2D eigenvalue weighted by Crippen LogP contribution is -2.47. The first-order valence-corrected chi connectivity index (χ1v) is 16.3. The van der Waals surface area contributed by atoms with Crippen molar-refractivity contribution in [2.75, 3.05) is 59.6 Å². The Hall–Kier alpha value is -4.44. The summed E-state index contributed by atoms with van der Waals surface area (Å²) in [6.07, 6.45) is 1.45. The van der Waals surface area contributed by atoms with Crippen LogP contribution in [0.5, 0.6) is 28.7 Å². The number of hydrogen-bond donors (Lipinski definition) is 0. The number of methoxy groups -OCH3 is 4. The summed E-state index contributed by atoms with van der Waals surface area (Å²) in [5.41, 5.74) is 4.22. The summed E-state index contributed by atoms with van der Waals surface area (Å²) in [5.74, 6) is 3.76. The monoisotopic (exact) mass is 657 g/mol. The summed E-state index contributed by atoms with van der Waals surface area (Å²) in [6, 6.07) is 30.0. The molecule has 4 aromatic carbocycles. The van der Waals surface area contributed by atoms with Crippen LogP contribution in [0, 0.1) is 0 Å². The number of nitrogens with zero attached hydrogens (tertiary/aromatic N) is 1. The molecular formula is C39H47NO8. The second-order valence-corrected chi connectivity index (χ2v) is 11.7. The summed E-state index contributed by atoms with van der Waals surface area (Å²) in [6.45, 7) is 4.16. The molecule has 0 amide bonds. The van der Waals surface area contributed by atoms with Crippen molar-refractivity contribution in [1.82, 2.24) is 0 Å². The highest BCUT2D eigenvalue weighted by molar-refractivity contribution is 5.50. The lowest BCUT2D eigenvalue weighted by molar-refractivity contribution is -0.0386. The molecule has 2 atom stereocenters. The topological polar surface area (TPSA) is 77.1 Å². The van der Waals surface area contributed by atoms with E-state index in [1.54, 1.807) is 28.4 Å². The van der Waals surface area contributed by atoms with E-state index < -0.39 is 0 Å². The number of piperidine rings is 1. The SMILES string of the molecule is COc1cc(COC2CC(OCc3cc(OC)cc(OC)c3)CN(c3ccc(OCCCOCc4ccccc4)cc3)C2)cc(OC)c1. The van der Waals surface area contributed by atoms with Gasteiger partial charge in [0.2, 0.25) is 0 Å². The fraction of sp³-hybridized carbons (Fsp3) is 0.385. The Morgan fingerprint density at radius 2 is 1.06 bits per heavy atom. The van der Waals surface area contributed by atoms with Gasteiger partial charge < -0.3 is 42.8 Å². The Labute approximate surface area is 284 Å². The number of hydrogen-bond acceptors (Lipinski definition) is 9. The summed E-state index contributed by atoms with van der Waals surface area (Å²) in [7, 11) is 6.60. The highest BCUT2D eigenvalue weighted by Gasteiger charge is 2.29. The van der Waals surface area contributed by atoms with Gasteiger partial charge in [0.15, 0.2) is 0 Å². The van der Waals surface area contributed by atoms with E-state index in [0.29, 0.717) is 33.0 Å². The Morgan fingerprint density at radius 1 is 0.542 bits per heavy atom. The third-order valence-corrected chi connectivity index (χ3v) is 8.18. The van der Waals surface area contributed by atoms with Crippen molar-refractivity contribution in [1.29, 1.82) is 0 Å². The molecule has 1 saturated heterocycles. The van der Waals surface area contributed by atoms with Gasteiger partial charge in [-0.25, -0.2) is 0 Å². The zero-order valence-corrected chi connectivity index (χ0v) is 28.4. The van der Waals surface area contributed by atoms with Gasteiger partial charge in [-0.15, -0.1) is 0 Å². The fourth-order valence-corrected chi connectivity index (χ4v) is 5.66. The normalized spacial score (nSPS) is 16.0. The first kappa shape index (κ1) is 34.9. The van der Waals surface area contributed by atoms with Gasteiger partial charge in [0.1, 0.15) is 28.7 Å². The van der Waals surface area contributed by atoms with Crippen molar-refractivity contribution < 1.29 is 37.9 Å². The molecule has 48 heavy (non-hydrogen) atoms. The maximum Gasteiger partial charge on any atom is 0.122 e. The molecule has 9 nitrogen and oxygen atoms in total. The molecule has 1 fully saturated rings. The molecule has 1 aliphatic rings. The molecular weight excluding hydrogens is 610 g/mol. The molecule has 0 N–H and O–H groups in total. The lowest BCUT2D eigenvalue weighted by Gasteiger charge is -2.39. The van der Waals surface area contributed by atoms with Crippen molar-refractivity contribution in [2.24, 2.45) is 0 Å². The van der Waals surface area contributed by atoms with Crippen LogP contribution in [0.25, 0.3) is 0 Å². The molecule has 0 spiro atoms. The van der Waals surface area contributed by atoms with Gasteiger partial charge in [-0.05, 0) is 65.2 Å². The van der Waals surface area contributed by atoms with Gasteiger partial charge >= 0.3 is 0 Å². The molecule has 0 aliphatic carbocycles. The van der Waals surface area contributed by atoms with Crippen molar-refractivity contribution in [3.8, 4) is 28.7 Å². The Kier molecular flexibility index (Phi) is 13.2. The van der Waals surface area contributed by atoms with Crippen molar-refractivity contribution in [3.05, 3.63) is 108 Å². The average Bonchev–Trinajstić information content (AvgIpc) is 3.14. The Morgan fingerprint density at radius 3 is 1.56 bits per heavy atom. The molecule has 256 valence electrons. The molecule has 5 rings (SSSR count). The predicted octanol–water partition coefficient (Wildman–Crippen LogP) is 7.09. The first-order chi connectivity index (χ1) is 23.5. The molecule has 0 bridgehead atoms. The number of ether oxygens (including phenoxy) is 8. The smallest absolute Gasteiger partial charge is 0.122 e. The van der Waals surface area contributed by atoms with E-state index in [2.05, 4.69) is 29.2 Å². The van der Waals surface area contributed by atoms with E-state index in [0.717, 1.165) is 71.5 Å². The van der Waals surface area contributed by atoms with Crippen LogP contribution in [-0.4, -0.2) is 67.0 Å². The molecule has 0 saturated carbocycles. The summed E-state index contributed by atoms with van der Waals surface area (Å²) >= 11 is 0. The van der Waals surface area contributed by atoms with E-state index in [9.17, 15) is 0 Å². The van der Waals surface area contributed by atoms with Crippen LogP contribution in [-0.2, 0) is 34.0 Å². The summed E-state index contributed by atoms with van der Waals surface area (Å²) in [5, 5.41) is 0. The minimum absolute atomic E-state index is 0.0624. The number of rotatable bonds is 18. The number of anilines is 1. The molecule has 1 aliphatic heterocycles. The van der Waals surface area contributed by atoms with Gasteiger partial charge in [0, 0.05) is 43.8 Å². The van der Waals surface area contributed by atoms with E-state index in [4.69, 9.17) is 37.9 Å². The first-order valence-electron chi connectivity index (χ1n) is 16.3. The van der Waals surface area contributed by atoms with Crippen molar-refractivity contribution in [3.63, 3.8) is 0 Å². The minimum Gasteiger partial charge on any atom is -0.497 e. The van der Waals surface area contributed by atoms with Crippen LogP contribution in [0.2, 0.25) is 0 Å². The molecule has 0 aromatic heterocycles. The van der Waals surface area contributed by atoms with Crippen LogP contribution >= 0.6 is 0 Å². The maximum atomic E-state index is 6.50. The van der Waals surface area contributed by atoms with Gasteiger partial charge in [0.05, 0.1) is 73.7 Å². The third-order valence-electron chi connectivity index (χ3n) is 8.18. The Bertz CT molecular complexity index is 1420. The van der Waals surface area contributed by atoms with E-state index in [1.807, 2.05) is 66.7 Å². The van der Waals surface area contributed by atoms with Crippen LogP contribution in [0.3, 0.4) is 0 Å². The lowest BCUT2D eigenvalue weighted by atomic mass is 10.0. The second-order valence-electron chi connectivity index (χ2n) is 11.7. The Balaban J connectivity index is 1.19. The second kappa shape index (κ2) is 18.2. The van der Waals surface area contributed by atoms with Gasteiger partial charge in [-0.3, -0.25) is 0 Å². The largest absolute Gasteiger partial charge is 0.497 e. The van der Waals surface area contributed by atoms with Crippen molar-refractivity contribution >= 4 is 5.69 Å². The van der Waals surface area contributed by atoms with E-state index in [-0.39, 0.29) is 12.2 Å². The maximum absolute atomic E-state index is 6.50. The van der Waals surface area contributed by atoms with E-state index >= 15 is 0 Å². The zero-order chi connectivity index (χ0) is 33.6. The third kappa shape index (κ3) is 10.5. The van der Waals surface area contributed by atoms with Gasteiger partial charge in [0.25, 0.3) is 0 Å². The van der Waals surface area contributed by atoms with Crippen LogP contribution < -0.4 is 28.6 Å². The fourth-order valence-electron chi connectivity index (χ4n) is 5.66. The number of benzene rings is 4. The summed E-state index contributed by atoms with van der Waals surface area (Å²) in [4.78, 5) is 2.32. The van der Waals surface area contributed by atoms with Gasteiger partial charge in [-0.1, -0.05) is 30.3 Å². The van der Waals surface area contributed by atoms with E-state index in [1.165, 1.54) is 5.56 Å². The highest BCUT2D eigenvalue weighted by Crippen LogP contribution is 2.29.